The monoisotopic (exact) mass is 415 g/mol. The highest BCUT2D eigenvalue weighted by molar-refractivity contribution is 5.86. The van der Waals surface area contributed by atoms with Crippen LogP contribution in [0.5, 0.6) is 5.75 Å². The standard InChI is InChI=1S/C19H24F3N3O4/c1-4-12(9-26)23-16(27)8-25-18(28)14-6-5-13(29-10-19(20,21)22)7-15(14)17(24-25)11(2)3/h5-7,11-12,26H,4,8-10H2,1-3H3,(H,23,27). The molecule has 0 saturated heterocycles. The van der Waals surface area contributed by atoms with Gasteiger partial charge >= 0.3 is 6.18 Å². The van der Waals surface area contributed by atoms with Crippen molar-refractivity contribution < 1.29 is 27.8 Å². The van der Waals surface area contributed by atoms with Gasteiger partial charge in [0.2, 0.25) is 5.91 Å². The maximum atomic E-state index is 12.7. The SMILES string of the molecule is CCC(CO)NC(=O)Cn1nc(C(C)C)c2cc(OCC(F)(F)F)ccc2c1=O. The topological polar surface area (TPSA) is 93.5 Å². The van der Waals surface area contributed by atoms with Crippen molar-refractivity contribution in [2.75, 3.05) is 13.2 Å². The predicted molar refractivity (Wildman–Crippen MR) is 101 cm³/mol. The quantitative estimate of drug-likeness (QED) is 0.690. The number of carbonyl (C=O) groups is 1. The Kier molecular flexibility index (Phi) is 7.23. The predicted octanol–water partition coefficient (Wildman–Crippen LogP) is 2.35. The van der Waals surface area contributed by atoms with Crippen molar-refractivity contribution in [2.24, 2.45) is 0 Å². The van der Waals surface area contributed by atoms with Crippen LogP contribution in [0.25, 0.3) is 10.8 Å². The molecule has 0 spiro atoms. The number of hydrogen-bond acceptors (Lipinski definition) is 5. The van der Waals surface area contributed by atoms with Crippen LogP contribution in [0.15, 0.2) is 23.0 Å². The van der Waals surface area contributed by atoms with E-state index >= 15 is 0 Å². The number of nitrogens with zero attached hydrogens (tertiary/aromatic N) is 2. The van der Waals surface area contributed by atoms with E-state index < -0.39 is 30.3 Å². The number of aliphatic hydroxyl groups excluding tert-OH is 1. The molecule has 2 N–H and O–H groups in total. The molecule has 1 unspecified atom stereocenters. The summed E-state index contributed by atoms with van der Waals surface area (Å²) >= 11 is 0. The molecule has 0 aliphatic rings. The second kappa shape index (κ2) is 9.25. The third kappa shape index (κ3) is 5.93. The average Bonchev–Trinajstić information content (AvgIpc) is 2.65. The van der Waals surface area contributed by atoms with E-state index in [1.165, 1.54) is 18.2 Å². The first-order chi connectivity index (χ1) is 13.6. The molecule has 1 aromatic heterocycles. The maximum Gasteiger partial charge on any atom is 0.422 e. The van der Waals surface area contributed by atoms with Crippen molar-refractivity contribution in [3.8, 4) is 5.75 Å². The first kappa shape index (κ1) is 22.7. The van der Waals surface area contributed by atoms with Crippen LogP contribution in [0, 0.1) is 0 Å². The van der Waals surface area contributed by atoms with Crippen LogP contribution in [-0.2, 0) is 11.3 Å². The van der Waals surface area contributed by atoms with E-state index in [-0.39, 0.29) is 30.2 Å². The Hall–Kier alpha value is -2.62. The highest BCUT2D eigenvalue weighted by atomic mass is 19.4. The number of ether oxygens (including phenoxy) is 1. The minimum Gasteiger partial charge on any atom is -0.484 e. The average molecular weight is 415 g/mol. The Bertz CT molecular complexity index is 921. The first-order valence-electron chi connectivity index (χ1n) is 9.20. The molecule has 1 heterocycles. The van der Waals surface area contributed by atoms with Crippen LogP contribution < -0.4 is 15.6 Å². The molecular formula is C19H24F3N3O4. The molecule has 1 amide bonds. The number of rotatable bonds is 8. The fraction of sp³-hybridized carbons (Fsp3) is 0.526. The van der Waals surface area contributed by atoms with Crippen LogP contribution in [0.3, 0.4) is 0 Å². The van der Waals surface area contributed by atoms with Crippen LogP contribution in [0.4, 0.5) is 13.2 Å². The number of fused-ring (bicyclic) bond motifs is 1. The molecule has 1 aromatic carbocycles. The zero-order valence-corrected chi connectivity index (χ0v) is 16.4. The number of benzene rings is 1. The van der Waals surface area contributed by atoms with Gasteiger partial charge < -0.3 is 15.2 Å². The van der Waals surface area contributed by atoms with Crippen molar-refractivity contribution in [1.82, 2.24) is 15.1 Å². The van der Waals surface area contributed by atoms with E-state index in [9.17, 15) is 27.9 Å². The van der Waals surface area contributed by atoms with Gasteiger partial charge in [0.1, 0.15) is 12.3 Å². The van der Waals surface area contributed by atoms with Gasteiger partial charge in [0.05, 0.1) is 23.7 Å². The molecule has 0 radical (unpaired) electrons. The summed E-state index contributed by atoms with van der Waals surface area (Å²) in [6.45, 7) is 3.44. The zero-order valence-electron chi connectivity index (χ0n) is 16.4. The summed E-state index contributed by atoms with van der Waals surface area (Å²) in [4.78, 5) is 24.9. The second-order valence-corrected chi connectivity index (χ2v) is 6.97. The van der Waals surface area contributed by atoms with Crippen LogP contribution in [0.1, 0.15) is 38.8 Å². The van der Waals surface area contributed by atoms with Gasteiger partial charge in [0.25, 0.3) is 5.56 Å². The first-order valence-corrected chi connectivity index (χ1v) is 9.20. The number of carbonyl (C=O) groups excluding carboxylic acids is 1. The Balaban J connectivity index is 2.41. The summed E-state index contributed by atoms with van der Waals surface area (Å²) in [5.41, 5.74) is -0.0852. The Morgan fingerprint density at radius 2 is 2.00 bits per heavy atom. The van der Waals surface area contributed by atoms with Gasteiger partial charge in [-0.1, -0.05) is 20.8 Å². The Morgan fingerprint density at radius 3 is 2.55 bits per heavy atom. The number of halogens is 3. The summed E-state index contributed by atoms with van der Waals surface area (Å²) in [7, 11) is 0. The van der Waals surface area contributed by atoms with Gasteiger partial charge in [0, 0.05) is 5.39 Å². The zero-order chi connectivity index (χ0) is 21.8. The summed E-state index contributed by atoms with van der Waals surface area (Å²) in [6, 6.07) is 3.58. The third-order valence-electron chi connectivity index (χ3n) is 4.28. The van der Waals surface area contributed by atoms with Gasteiger partial charge in [-0.3, -0.25) is 9.59 Å². The van der Waals surface area contributed by atoms with Crippen LogP contribution in [0.2, 0.25) is 0 Å². The lowest BCUT2D eigenvalue weighted by Crippen LogP contribution is -2.41. The minimum atomic E-state index is -4.48. The molecule has 0 fully saturated rings. The molecule has 2 aromatic rings. The molecule has 2 rings (SSSR count). The van der Waals surface area contributed by atoms with Crippen LogP contribution >= 0.6 is 0 Å². The highest BCUT2D eigenvalue weighted by Crippen LogP contribution is 2.26. The molecule has 160 valence electrons. The fourth-order valence-corrected chi connectivity index (χ4v) is 2.76. The third-order valence-corrected chi connectivity index (χ3v) is 4.28. The highest BCUT2D eigenvalue weighted by Gasteiger charge is 2.28. The number of alkyl halides is 3. The summed E-state index contributed by atoms with van der Waals surface area (Å²) < 4.78 is 43.0. The van der Waals surface area contributed by atoms with Crippen molar-refractivity contribution in [3.05, 3.63) is 34.2 Å². The largest absolute Gasteiger partial charge is 0.484 e. The molecule has 0 bridgehead atoms. The number of aliphatic hydroxyl groups is 1. The van der Waals surface area contributed by atoms with Gasteiger partial charge in [-0.15, -0.1) is 0 Å². The molecule has 0 aliphatic carbocycles. The van der Waals surface area contributed by atoms with Gasteiger partial charge in [-0.25, -0.2) is 4.68 Å². The smallest absolute Gasteiger partial charge is 0.422 e. The molecule has 10 heteroatoms. The summed E-state index contributed by atoms with van der Waals surface area (Å²) in [6.07, 6.45) is -3.95. The molecule has 0 saturated carbocycles. The normalized spacial score (nSPS) is 13.0. The lowest BCUT2D eigenvalue weighted by molar-refractivity contribution is -0.153. The van der Waals surface area contributed by atoms with E-state index in [1.54, 1.807) is 6.92 Å². The minimum absolute atomic E-state index is 0.0258. The molecular weight excluding hydrogens is 391 g/mol. The molecule has 0 aliphatic heterocycles. The van der Waals surface area contributed by atoms with Gasteiger partial charge in [-0.05, 0) is 30.5 Å². The van der Waals surface area contributed by atoms with E-state index in [0.29, 0.717) is 17.5 Å². The van der Waals surface area contributed by atoms with Crippen molar-refractivity contribution in [2.45, 2.75) is 51.9 Å². The van der Waals surface area contributed by atoms with E-state index in [1.807, 2.05) is 13.8 Å². The van der Waals surface area contributed by atoms with E-state index in [4.69, 9.17) is 4.74 Å². The Morgan fingerprint density at radius 1 is 1.31 bits per heavy atom. The van der Waals surface area contributed by atoms with Crippen molar-refractivity contribution in [3.63, 3.8) is 0 Å². The van der Waals surface area contributed by atoms with E-state index in [0.717, 1.165) is 4.68 Å². The lowest BCUT2D eigenvalue weighted by Gasteiger charge is -2.17. The lowest BCUT2D eigenvalue weighted by atomic mass is 10.0. The van der Waals surface area contributed by atoms with Gasteiger partial charge in [0.15, 0.2) is 6.61 Å². The number of nitrogens with one attached hydrogen (secondary N) is 1. The number of aromatic nitrogens is 2. The number of amides is 1. The molecule has 1 atom stereocenters. The summed E-state index contributed by atoms with van der Waals surface area (Å²) in [5.74, 6) is -0.659. The second-order valence-electron chi connectivity index (χ2n) is 6.97. The van der Waals surface area contributed by atoms with Crippen molar-refractivity contribution in [1.29, 1.82) is 0 Å². The fourth-order valence-electron chi connectivity index (χ4n) is 2.76. The van der Waals surface area contributed by atoms with Crippen molar-refractivity contribution >= 4 is 16.7 Å². The summed E-state index contributed by atoms with van der Waals surface area (Å²) in [5, 5.41) is 16.7. The number of hydrogen-bond donors (Lipinski definition) is 2. The van der Waals surface area contributed by atoms with Crippen LogP contribution in [-0.4, -0.2) is 46.2 Å². The molecule has 29 heavy (non-hydrogen) atoms. The maximum absolute atomic E-state index is 12.7. The Labute approximate surface area is 165 Å². The van der Waals surface area contributed by atoms with E-state index in [2.05, 4.69) is 10.4 Å². The molecule has 7 nitrogen and oxygen atoms in total. The van der Waals surface area contributed by atoms with Gasteiger partial charge in [-0.2, -0.15) is 18.3 Å².